The first-order valence-electron chi connectivity index (χ1n) is 17.6. The Morgan fingerprint density at radius 2 is 1.11 bits per heavy atom. The van der Waals surface area contributed by atoms with Gasteiger partial charge in [0, 0.05) is 33.0 Å². The molecule has 10 rings (SSSR count). The lowest BCUT2D eigenvalue weighted by molar-refractivity contribution is 0.669. The smallest absolute Gasteiger partial charge is 0.160 e. The summed E-state index contributed by atoms with van der Waals surface area (Å²) in [4.78, 5) is 10.6. The van der Waals surface area contributed by atoms with Gasteiger partial charge in [0.1, 0.15) is 11.2 Å². The summed E-state index contributed by atoms with van der Waals surface area (Å²) in [7, 11) is 0. The molecule has 0 amide bonds. The highest BCUT2D eigenvalue weighted by Gasteiger charge is 2.21. The lowest BCUT2D eigenvalue weighted by Crippen LogP contribution is -2.16. The third kappa shape index (κ3) is 5.26. The number of fused-ring (bicyclic) bond motifs is 6. The zero-order valence-corrected chi connectivity index (χ0v) is 28.5. The number of hydrogen-bond donors (Lipinski definition) is 2. The van der Waals surface area contributed by atoms with Gasteiger partial charge in [-0.1, -0.05) is 121 Å². The van der Waals surface area contributed by atoms with Crippen LogP contribution in [0.15, 0.2) is 168 Å². The minimum absolute atomic E-state index is 0.198. The Balaban J connectivity index is 1.25. The van der Waals surface area contributed by atoms with Crippen molar-refractivity contribution in [1.29, 1.82) is 10.8 Å². The van der Waals surface area contributed by atoms with Crippen molar-refractivity contribution in [2.45, 2.75) is 0 Å². The van der Waals surface area contributed by atoms with Crippen LogP contribution in [0.2, 0.25) is 0 Å². The van der Waals surface area contributed by atoms with Crippen LogP contribution in [-0.4, -0.2) is 21.4 Å². The van der Waals surface area contributed by atoms with E-state index in [0.717, 1.165) is 94.2 Å². The second kappa shape index (κ2) is 12.2. The lowest BCUT2D eigenvalue weighted by atomic mass is 9.88. The van der Waals surface area contributed by atoms with Crippen LogP contribution < -0.4 is 0 Å². The van der Waals surface area contributed by atoms with E-state index in [1.807, 2.05) is 54.6 Å². The summed E-state index contributed by atoms with van der Waals surface area (Å²) in [5.41, 5.74) is 12.5. The van der Waals surface area contributed by atoms with E-state index in [2.05, 4.69) is 109 Å². The molecule has 53 heavy (non-hydrogen) atoms. The molecule has 1 aliphatic rings. The second-order valence-corrected chi connectivity index (χ2v) is 13.4. The molecule has 0 fully saturated rings. The molecule has 0 unspecified atom stereocenters. The SMILES string of the molecule is N=C1C=Cc2ccc3ccc(-c4nc(-c5cc(-c6ccccc6)cc(-c6ccccc6)c5)cc(-c5cccc6oc7ccccc7c56)n4)cc3c2C1=N. The average Bonchev–Trinajstić information content (AvgIpc) is 3.61. The number of nitrogens with one attached hydrogen (secondary N) is 2. The number of benzene rings is 7. The van der Waals surface area contributed by atoms with Gasteiger partial charge >= 0.3 is 0 Å². The lowest BCUT2D eigenvalue weighted by Gasteiger charge is -2.17. The van der Waals surface area contributed by atoms with Crippen LogP contribution in [0.5, 0.6) is 0 Å². The first kappa shape index (κ1) is 30.6. The van der Waals surface area contributed by atoms with E-state index in [0.29, 0.717) is 5.82 Å². The van der Waals surface area contributed by atoms with Crippen molar-refractivity contribution in [2.24, 2.45) is 0 Å². The number of allylic oxidation sites excluding steroid dienone is 1. The Morgan fingerprint density at radius 1 is 0.453 bits per heavy atom. The predicted molar refractivity (Wildman–Crippen MR) is 218 cm³/mol. The van der Waals surface area contributed by atoms with E-state index in [9.17, 15) is 0 Å². The topological polar surface area (TPSA) is 86.6 Å². The molecule has 2 aromatic heterocycles. The van der Waals surface area contributed by atoms with Gasteiger partial charge in [-0.15, -0.1) is 0 Å². The third-order valence-electron chi connectivity index (χ3n) is 10.1. The maximum atomic E-state index is 8.82. The van der Waals surface area contributed by atoms with Crippen LogP contribution in [0.4, 0.5) is 0 Å². The van der Waals surface area contributed by atoms with Crippen LogP contribution in [-0.2, 0) is 0 Å². The summed E-state index contributed by atoms with van der Waals surface area (Å²) >= 11 is 0. The highest BCUT2D eigenvalue weighted by molar-refractivity contribution is 6.53. The van der Waals surface area contributed by atoms with E-state index in [-0.39, 0.29) is 11.4 Å². The molecule has 0 saturated heterocycles. The fourth-order valence-electron chi connectivity index (χ4n) is 7.50. The number of furan rings is 1. The van der Waals surface area contributed by atoms with Gasteiger partial charge in [-0.2, -0.15) is 0 Å². The zero-order chi connectivity index (χ0) is 35.5. The highest BCUT2D eigenvalue weighted by Crippen LogP contribution is 2.39. The van der Waals surface area contributed by atoms with Crippen LogP contribution in [0.1, 0.15) is 11.1 Å². The quantitative estimate of drug-likeness (QED) is 0.190. The van der Waals surface area contributed by atoms with E-state index in [1.165, 1.54) is 0 Å². The third-order valence-corrected chi connectivity index (χ3v) is 10.1. The molecule has 248 valence electrons. The van der Waals surface area contributed by atoms with E-state index < -0.39 is 0 Å². The Morgan fingerprint density at radius 3 is 1.89 bits per heavy atom. The largest absolute Gasteiger partial charge is 0.456 e. The molecule has 5 heteroatoms. The van der Waals surface area contributed by atoms with Crippen molar-refractivity contribution in [3.8, 4) is 56.2 Å². The molecule has 0 bridgehead atoms. The first-order chi connectivity index (χ1) is 26.1. The van der Waals surface area contributed by atoms with Crippen molar-refractivity contribution in [1.82, 2.24) is 9.97 Å². The number of nitrogens with zero attached hydrogens (tertiary/aromatic N) is 2. The average molecular weight is 679 g/mol. The molecule has 0 spiro atoms. The minimum Gasteiger partial charge on any atom is -0.456 e. The molecule has 0 saturated carbocycles. The Kier molecular flexibility index (Phi) is 7.05. The number of aromatic nitrogens is 2. The van der Waals surface area contributed by atoms with Gasteiger partial charge in [0.05, 0.1) is 22.8 Å². The maximum Gasteiger partial charge on any atom is 0.160 e. The number of hydrogen-bond acceptors (Lipinski definition) is 5. The van der Waals surface area contributed by atoms with Crippen molar-refractivity contribution in [2.75, 3.05) is 0 Å². The van der Waals surface area contributed by atoms with E-state index in [1.54, 1.807) is 6.08 Å². The zero-order valence-electron chi connectivity index (χ0n) is 28.5. The van der Waals surface area contributed by atoms with Gasteiger partial charge in [0.2, 0.25) is 0 Å². The molecular weight excluding hydrogens is 649 g/mol. The second-order valence-electron chi connectivity index (χ2n) is 13.4. The summed E-state index contributed by atoms with van der Waals surface area (Å²) in [6, 6.07) is 54.1. The molecule has 0 aliphatic heterocycles. The maximum absolute atomic E-state index is 8.82. The van der Waals surface area contributed by atoms with Crippen LogP contribution in [0, 0.1) is 10.8 Å². The Bertz CT molecular complexity index is 2920. The molecule has 9 aromatic rings. The normalized spacial score (nSPS) is 12.5. The molecule has 2 N–H and O–H groups in total. The number of rotatable bonds is 5. The van der Waals surface area contributed by atoms with E-state index >= 15 is 0 Å². The van der Waals surface area contributed by atoms with Crippen molar-refractivity contribution in [3.05, 3.63) is 175 Å². The molecule has 0 atom stereocenters. The molecule has 5 nitrogen and oxygen atoms in total. The monoisotopic (exact) mass is 678 g/mol. The number of para-hydroxylation sites is 1. The van der Waals surface area contributed by atoms with Gasteiger partial charge in [0.25, 0.3) is 0 Å². The first-order valence-corrected chi connectivity index (χ1v) is 17.6. The van der Waals surface area contributed by atoms with Crippen LogP contribution >= 0.6 is 0 Å². The molecule has 2 heterocycles. The van der Waals surface area contributed by atoms with Crippen LogP contribution in [0.3, 0.4) is 0 Å². The summed E-state index contributed by atoms with van der Waals surface area (Å²) in [5, 5.41) is 21.1. The van der Waals surface area contributed by atoms with E-state index in [4.69, 9.17) is 25.2 Å². The minimum atomic E-state index is 0.198. The summed E-state index contributed by atoms with van der Waals surface area (Å²) in [6.45, 7) is 0. The van der Waals surface area contributed by atoms with Gasteiger partial charge in [0.15, 0.2) is 5.82 Å². The molecule has 1 aliphatic carbocycles. The molecule has 7 aromatic carbocycles. The van der Waals surface area contributed by atoms with Gasteiger partial charge in [-0.25, -0.2) is 9.97 Å². The summed E-state index contributed by atoms with van der Waals surface area (Å²) in [6.07, 6.45) is 3.60. The van der Waals surface area contributed by atoms with Crippen molar-refractivity contribution >= 4 is 50.2 Å². The molecule has 0 radical (unpaired) electrons. The predicted octanol–water partition coefficient (Wildman–Crippen LogP) is 12.3. The standard InChI is InChI=1S/C48H30N4O/c49-40-23-22-32-20-18-31-19-21-33(27-39(31)45(32)47(40)50)48-51-41(28-42(52-48)37-15-9-17-44-46(37)38-14-7-8-16-43(38)53-44)36-25-34(29-10-3-1-4-11-29)24-35(26-36)30-12-5-2-6-13-30/h1-28,49-50H. The van der Waals surface area contributed by atoms with Crippen LogP contribution in [0.25, 0.3) is 94.9 Å². The molecular formula is C48H30N4O. The van der Waals surface area contributed by atoms with Crippen molar-refractivity contribution in [3.63, 3.8) is 0 Å². The summed E-state index contributed by atoms with van der Waals surface area (Å²) in [5.74, 6) is 0.571. The fraction of sp³-hybridized carbons (Fsp3) is 0. The van der Waals surface area contributed by atoms with Gasteiger partial charge < -0.3 is 4.42 Å². The van der Waals surface area contributed by atoms with Gasteiger partial charge in [-0.05, 0) is 87.1 Å². The fourth-order valence-corrected chi connectivity index (χ4v) is 7.50. The summed E-state index contributed by atoms with van der Waals surface area (Å²) < 4.78 is 6.31. The Hall–Kier alpha value is -7.24. The Labute approximate surface area is 305 Å². The van der Waals surface area contributed by atoms with Crippen molar-refractivity contribution < 1.29 is 4.42 Å². The van der Waals surface area contributed by atoms with Gasteiger partial charge in [-0.3, -0.25) is 10.8 Å². The highest BCUT2D eigenvalue weighted by atomic mass is 16.3.